The fourth-order valence-corrected chi connectivity index (χ4v) is 0.117. The first kappa shape index (κ1) is 16.4. The molecule has 0 N–H and O–H groups in total. The average molecular weight is 252 g/mol. The molecule has 0 aliphatic rings. The maximum atomic E-state index is 9.81. The van der Waals surface area contributed by atoms with E-state index in [0.29, 0.717) is 6.29 Å². The van der Waals surface area contributed by atoms with E-state index in [1.54, 1.807) is 0 Å². The van der Waals surface area contributed by atoms with E-state index in [1.807, 2.05) is 0 Å². The number of carbonyl (C=O) groups is 3. The Balaban J connectivity index is -0.000000107. The Bertz CT molecular complexity index is 101. The number of carbonyl (C=O) groups excluding carboxylic acids is 3. The maximum Gasteiger partial charge on any atom is 0.136 e. The molecule has 0 aromatic carbocycles. The van der Waals surface area contributed by atoms with Crippen molar-refractivity contribution in [1.82, 2.24) is 0 Å². The fourth-order valence-electron chi connectivity index (χ4n) is 0.117. The average Bonchev–Trinajstić information content (AvgIpc) is 1.67. The number of hydrogen-bond donors (Lipinski definition) is 0. The van der Waals surface area contributed by atoms with Crippen molar-refractivity contribution in [2.24, 2.45) is 0 Å². The van der Waals surface area contributed by atoms with Crippen LogP contribution in [0.25, 0.3) is 0 Å². The summed E-state index contributed by atoms with van der Waals surface area (Å²) in [6.45, 7) is 2.83. The second-order valence-electron chi connectivity index (χ2n) is 1.31. The molecule has 0 saturated heterocycles. The van der Waals surface area contributed by atoms with Gasteiger partial charge in [-0.1, -0.05) is 0 Å². The summed E-state index contributed by atoms with van der Waals surface area (Å²) >= 11 is 0. The van der Waals surface area contributed by atoms with Gasteiger partial charge in [-0.3, -0.25) is 4.79 Å². The molecular formula is C6H10O3Sb. The molecule has 0 spiro atoms. The quantitative estimate of drug-likeness (QED) is 0.394. The van der Waals surface area contributed by atoms with Crippen molar-refractivity contribution in [1.29, 1.82) is 0 Å². The van der Waals surface area contributed by atoms with E-state index < -0.39 is 0 Å². The van der Waals surface area contributed by atoms with Crippen LogP contribution in [0.2, 0.25) is 0 Å². The van der Waals surface area contributed by atoms with Crippen molar-refractivity contribution in [3.05, 3.63) is 0 Å². The van der Waals surface area contributed by atoms with Crippen LogP contribution in [0.1, 0.15) is 20.3 Å². The Labute approximate surface area is 77.6 Å². The third-order valence-corrected chi connectivity index (χ3v) is 0.371. The van der Waals surface area contributed by atoms with Crippen LogP contribution in [0.4, 0.5) is 0 Å². The Morgan fingerprint density at radius 3 is 1.70 bits per heavy atom. The van der Waals surface area contributed by atoms with Gasteiger partial charge in [0.15, 0.2) is 0 Å². The summed E-state index contributed by atoms with van der Waals surface area (Å²) in [5.74, 6) is -0.0787. The molecule has 0 atom stereocenters. The molecule has 0 fully saturated rings. The first-order valence-electron chi connectivity index (χ1n) is 2.51. The molecule has 0 saturated carbocycles. The molecule has 0 amide bonds. The van der Waals surface area contributed by atoms with Crippen molar-refractivity contribution in [2.75, 3.05) is 0 Å². The first-order valence-corrected chi connectivity index (χ1v) is 2.51. The Morgan fingerprint density at radius 1 is 1.40 bits per heavy atom. The molecule has 3 nitrogen and oxygen atoms in total. The van der Waals surface area contributed by atoms with E-state index in [0.717, 1.165) is 6.29 Å². The minimum atomic E-state index is -0.0787. The summed E-state index contributed by atoms with van der Waals surface area (Å²) in [4.78, 5) is 28.0. The van der Waals surface area contributed by atoms with Crippen molar-refractivity contribution in [3.63, 3.8) is 0 Å². The maximum absolute atomic E-state index is 9.81. The second-order valence-corrected chi connectivity index (χ2v) is 1.31. The van der Waals surface area contributed by atoms with Crippen LogP contribution in [-0.2, 0) is 14.4 Å². The van der Waals surface area contributed by atoms with E-state index in [-0.39, 0.29) is 36.6 Å². The van der Waals surface area contributed by atoms with Gasteiger partial charge in [-0.2, -0.15) is 0 Å². The van der Waals surface area contributed by atoms with E-state index >= 15 is 0 Å². The molecule has 4 heteroatoms. The summed E-state index contributed by atoms with van der Waals surface area (Å²) in [5, 5.41) is 0. The van der Waals surface area contributed by atoms with Crippen LogP contribution in [-0.4, -0.2) is 42.8 Å². The van der Waals surface area contributed by atoms with E-state index in [9.17, 15) is 9.59 Å². The van der Waals surface area contributed by atoms with Crippen molar-refractivity contribution in [2.45, 2.75) is 20.3 Å². The van der Waals surface area contributed by atoms with Crippen molar-refractivity contribution < 1.29 is 14.4 Å². The summed E-state index contributed by atoms with van der Waals surface area (Å²) in [5.41, 5.74) is 0. The van der Waals surface area contributed by atoms with E-state index in [4.69, 9.17) is 4.79 Å². The Kier molecular flexibility index (Phi) is 26.2. The third kappa shape index (κ3) is 45.6. The standard InChI is InChI=1S/C4H6O2.C2H4O.Sb/c1-4(6)2-3-5;1-2-3;/h3H,2H2,1H3;2H,1H3;. The zero-order valence-corrected chi connectivity index (χ0v) is 8.59. The second kappa shape index (κ2) is 15.9. The van der Waals surface area contributed by atoms with Gasteiger partial charge in [-0.25, -0.2) is 0 Å². The largest absolute Gasteiger partial charge is 0.304 e. The van der Waals surface area contributed by atoms with Gasteiger partial charge in [0, 0.05) is 24.4 Å². The van der Waals surface area contributed by atoms with Gasteiger partial charge >= 0.3 is 0 Å². The van der Waals surface area contributed by atoms with Crippen molar-refractivity contribution >= 4 is 42.8 Å². The number of hydrogen-bond acceptors (Lipinski definition) is 3. The molecule has 0 bridgehead atoms. The smallest absolute Gasteiger partial charge is 0.136 e. The first-order chi connectivity index (χ1) is 4.18. The molecule has 0 aliphatic carbocycles. The van der Waals surface area contributed by atoms with Crippen molar-refractivity contribution in [3.8, 4) is 0 Å². The normalized spacial score (nSPS) is 5.80. The van der Waals surface area contributed by atoms with Crippen LogP contribution in [0.5, 0.6) is 0 Å². The molecular weight excluding hydrogens is 242 g/mol. The molecule has 0 aliphatic heterocycles. The summed E-state index contributed by atoms with van der Waals surface area (Å²) in [7, 11) is 0. The number of ketones is 1. The van der Waals surface area contributed by atoms with Crippen LogP contribution >= 0.6 is 0 Å². The van der Waals surface area contributed by atoms with Crippen LogP contribution in [0.3, 0.4) is 0 Å². The minimum Gasteiger partial charge on any atom is -0.304 e. The zero-order chi connectivity index (χ0) is 7.70. The predicted molar refractivity (Wildman–Crippen MR) is 38.9 cm³/mol. The molecule has 10 heavy (non-hydrogen) atoms. The van der Waals surface area contributed by atoms with Gasteiger partial charge in [-0.05, 0) is 13.8 Å². The zero-order valence-electron chi connectivity index (χ0n) is 6.03. The number of aldehydes is 2. The van der Waals surface area contributed by atoms with E-state index in [2.05, 4.69) is 0 Å². The Morgan fingerprint density at radius 2 is 1.70 bits per heavy atom. The van der Waals surface area contributed by atoms with Gasteiger partial charge in [0.25, 0.3) is 0 Å². The third-order valence-electron chi connectivity index (χ3n) is 0.371. The van der Waals surface area contributed by atoms with Gasteiger partial charge in [-0.15, -0.1) is 0 Å². The van der Waals surface area contributed by atoms with E-state index in [1.165, 1.54) is 13.8 Å². The molecule has 57 valence electrons. The van der Waals surface area contributed by atoms with Gasteiger partial charge in [0.2, 0.25) is 0 Å². The topological polar surface area (TPSA) is 51.2 Å². The molecule has 0 heterocycles. The summed E-state index contributed by atoms with van der Waals surface area (Å²) in [6, 6.07) is 0. The predicted octanol–water partition coefficient (Wildman–Crippen LogP) is -0.0112. The van der Waals surface area contributed by atoms with Gasteiger partial charge < -0.3 is 9.59 Å². The number of rotatable bonds is 2. The Hall–Kier alpha value is -0.172. The molecule has 0 aromatic heterocycles. The minimum absolute atomic E-state index is 0. The molecule has 3 radical (unpaired) electrons. The molecule has 0 rings (SSSR count). The van der Waals surface area contributed by atoms with Gasteiger partial charge in [0.1, 0.15) is 18.4 Å². The molecule has 0 unspecified atom stereocenters. The monoisotopic (exact) mass is 251 g/mol. The fraction of sp³-hybridized carbons (Fsp3) is 0.500. The van der Waals surface area contributed by atoms with Crippen LogP contribution in [0, 0.1) is 0 Å². The summed E-state index contributed by atoms with van der Waals surface area (Å²) in [6.07, 6.45) is 1.41. The van der Waals surface area contributed by atoms with Crippen LogP contribution < -0.4 is 0 Å². The molecule has 0 aromatic rings. The van der Waals surface area contributed by atoms with Gasteiger partial charge in [0.05, 0.1) is 6.42 Å². The SMILES string of the molecule is CC(=O)CC=O.CC=O.[Sb]. The van der Waals surface area contributed by atoms with Crippen LogP contribution in [0.15, 0.2) is 0 Å². The number of Topliss-reactive ketones (excluding diaryl/α,β-unsaturated/α-hetero) is 1. The summed E-state index contributed by atoms with van der Waals surface area (Å²) < 4.78 is 0.